The van der Waals surface area contributed by atoms with Gasteiger partial charge in [-0.25, -0.2) is 4.98 Å². The largest absolute Gasteiger partial charge is 0.368 e. The summed E-state index contributed by atoms with van der Waals surface area (Å²) in [6.45, 7) is 3.00. The summed E-state index contributed by atoms with van der Waals surface area (Å²) in [5.41, 5.74) is 0.0138. The van der Waals surface area contributed by atoms with E-state index in [1.165, 1.54) is 30.0 Å². The average Bonchev–Trinajstić information content (AvgIpc) is 3.22. The van der Waals surface area contributed by atoms with Crippen molar-refractivity contribution in [3.05, 3.63) is 50.8 Å². The van der Waals surface area contributed by atoms with Gasteiger partial charge in [-0.1, -0.05) is 6.07 Å². The molecule has 0 saturated carbocycles. The summed E-state index contributed by atoms with van der Waals surface area (Å²) < 4.78 is 0. The Labute approximate surface area is 132 Å². The van der Waals surface area contributed by atoms with Crippen LogP contribution >= 0.6 is 11.3 Å². The topological polar surface area (TPSA) is 71.3 Å². The molecule has 2 aromatic rings. The molecular formula is C15H18N4O2S. The van der Waals surface area contributed by atoms with Crippen LogP contribution in [0.3, 0.4) is 0 Å². The zero-order valence-corrected chi connectivity index (χ0v) is 13.0. The van der Waals surface area contributed by atoms with Gasteiger partial charge in [-0.3, -0.25) is 15.0 Å². The van der Waals surface area contributed by atoms with Gasteiger partial charge in [-0.05, 0) is 43.4 Å². The number of hydrogen-bond acceptors (Lipinski definition) is 6. The van der Waals surface area contributed by atoms with E-state index >= 15 is 0 Å². The summed E-state index contributed by atoms with van der Waals surface area (Å²) in [5.74, 6) is 0.673. The maximum absolute atomic E-state index is 10.6. The first-order valence-electron chi connectivity index (χ1n) is 7.36. The second-order valence-corrected chi connectivity index (χ2v) is 6.29. The van der Waals surface area contributed by atoms with E-state index in [9.17, 15) is 10.1 Å². The Morgan fingerprint density at radius 2 is 2.18 bits per heavy atom. The highest BCUT2D eigenvalue weighted by Crippen LogP contribution is 2.28. The van der Waals surface area contributed by atoms with Gasteiger partial charge in [0, 0.05) is 17.5 Å². The minimum atomic E-state index is -0.435. The Balaban J connectivity index is 1.67. The Hall–Kier alpha value is -1.99. The SMILES string of the molecule is O=[N+]([O-])c1ccc(NCC(c2cccs2)N2CCCC2)nc1. The number of rotatable bonds is 6. The minimum Gasteiger partial charge on any atom is -0.368 e. The van der Waals surface area contributed by atoms with Crippen molar-refractivity contribution in [3.8, 4) is 0 Å². The fraction of sp³-hybridized carbons (Fsp3) is 0.400. The van der Waals surface area contributed by atoms with E-state index < -0.39 is 4.92 Å². The van der Waals surface area contributed by atoms with E-state index in [1.807, 2.05) is 0 Å². The monoisotopic (exact) mass is 318 g/mol. The van der Waals surface area contributed by atoms with Crippen LogP contribution in [0.5, 0.6) is 0 Å². The van der Waals surface area contributed by atoms with E-state index in [0.717, 1.165) is 19.6 Å². The predicted octanol–water partition coefficient (Wildman–Crippen LogP) is 3.30. The number of anilines is 1. The van der Waals surface area contributed by atoms with Crippen molar-refractivity contribution in [1.82, 2.24) is 9.88 Å². The third kappa shape index (κ3) is 3.42. The molecule has 0 bridgehead atoms. The third-order valence-electron chi connectivity index (χ3n) is 3.89. The van der Waals surface area contributed by atoms with Crippen molar-refractivity contribution in [2.24, 2.45) is 0 Å². The van der Waals surface area contributed by atoms with Crippen LogP contribution in [-0.2, 0) is 0 Å². The Bertz CT molecular complexity index is 609. The van der Waals surface area contributed by atoms with Crippen LogP contribution < -0.4 is 5.32 Å². The molecule has 2 aromatic heterocycles. The summed E-state index contributed by atoms with van der Waals surface area (Å²) in [7, 11) is 0. The maximum Gasteiger partial charge on any atom is 0.287 e. The predicted molar refractivity (Wildman–Crippen MR) is 87.2 cm³/mol. The highest BCUT2D eigenvalue weighted by Gasteiger charge is 2.24. The lowest BCUT2D eigenvalue weighted by atomic mass is 10.2. The maximum atomic E-state index is 10.6. The van der Waals surface area contributed by atoms with Crippen LogP contribution in [0.1, 0.15) is 23.8 Å². The minimum absolute atomic E-state index is 0.0138. The van der Waals surface area contributed by atoms with Crippen LogP contribution in [-0.4, -0.2) is 34.4 Å². The molecule has 22 heavy (non-hydrogen) atoms. The first kappa shape index (κ1) is 14.9. The van der Waals surface area contributed by atoms with Crippen molar-refractivity contribution in [1.29, 1.82) is 0 Å². The zero-order chi connectivity index (χ0) is 15.4. The molecule has 116 valence electrons. The Kier molecular flexibility index (Phi) is 4.65. The summed E-state index contributed by atoms with van der Waals surface area (Å²) in [5, 5.41) is 16.1. The molecule has 3 rings (SSSR count). The van der Waals surface area contributed by atoms with E-state index in [2.05, 4.69) is 32.7 Å². The fourth-order valence-electron chi connectivity index (χ4n) is 2.74. The van der Waals surface area contributed by atoms with Gasteiger partial charge in [0.05, 0.1) is 11.0 Å². The van der Waals surface area contributed by atoms with Crippen LogP contribution in [0.25, 0.3) is 0 Å². The molecule has 1 fully saturated rings. The number of nitro groups is 1. The fourth-order valence-corrected chi connectivity index (χ4v) is 3.60. The van der Waals surface area contributed by atoms with Crippen molar-refractivity contribution in [3.63, 3.8) is 0 Å². The summed E-state index contributed by atoms with van der Waals surface area (Å²) in [6.07, 6.45) is 3.79. The number of pyridine rings is 1. The molecule has 1 saturated heterocycles. The van der Waals surface area contributed by atoms with Crippen LogP contribution in [0.2, 0.25) is 0 Å². The second-order valence-electron chi connectivity index (χ2n) is 5.31. The zero-order valence-electron chi connectivity index (χ0n) is 12.1. The average molecular weight is 318 g/mol. The molecule has 1 aliphatic rings. The van der Waals surface area contributed by atoms with E-state index in [-0.39, 0.29) is 5.69 Å². The third-order valence-corrected chi connectivity index (χ3v) is 4.86. The normalized spacial score (nSPS) is 16.5. The molecule has 0 amide bonds. The van der Waals surface area contributed by atoms with Gasteiger partial charge in [-0.15, -0.1) is 11.3 Å². The second kappa shape index (κ2) is 6.85. The molecule has 0 radical (unpaired) electrons. The van der Waals surface area contributed by atoms with Crippen molar-refractivity contribution >= 4 is 22.8 Å². The van der Waals surface area contributed by atoms with Crippen LogP contribution in [0.15, 0.2) is 35.8 Å². The molecule has 3 heterocycles. The van der Waals surface area contributed by atoms with Gasteiger partial charge in [0.25, 0.3) is 5.69 Å². The van der Waals surface area contributed by atoms with Gasteiger partial charge in [0.15, 0.2) is 0 Å². The quantitative estimate of drug-likeness (QED) is 0.653. The molecule has 1 N–H and O–H groups in total. The Morgan fingerprint density at radius 1 is 1.36 bits per heavy atom. The lowest BCUT2D eigenvalue weighted by Gasteiger charge is -2.27. The molecule has 0 aromatic carbocycles. The molecule has 1 aliphatic heterocycles. The van der Waals surface area contributed by atoms with Gasteiger partial charge in [-0.2, -0.15) is 0 Å². The molecule has 0 aliphatic carbocycles. The van der Waals surface area contributed by atoms with Crippen molar-refractivity contribution < 1.29 is 4.92 Å². The molecule has 0 spiro atoms. The molecule has 6 nitrogen and oxygen atoms in total. The summed E-state index contributed by atoms with van der Waals surface area (Å²) in [6, 6.07) is 7.71. The van der Waals surface area contributed by atoms with Gasteiger partial charge in [0.1, 0.15) is 12.0 Å². The van der Waals surface area contributed by atoms with Crippen molar-refractivity contribution in [2.75, 3.05) is 25.0 Å². The van der Waals surface area contributed by atoms with Gasteiger partial charge < -0.3 is 5.32 Å². The van der Waals surface area contributed by atoms with E-state index in [1.54, 1.807) is 17.4 Å². The molecular weight excluding hydrogens is 300 g/mol. The first-order valence-corrected chi connectivity index (χ1v) is 8.24. The number of nitrogens with zero attached hydrogens (tertiary/aromatic N) is 3. The van der Waals surface area contributed by atoms with Crippen LogP contribution in [0.4, 0.5) is 11.5 Å². The summed E-state index contributed by atoms with van der Waals surface area (Å²) in [4.78, 5) is 18.2. The first-order chi connectivity index (χ1) is 10.7. The van der Waals surface area contributed by atoms with E-state index in [0.29, 0.717) is 11.9 Å². The highest BCUT2D eigenvalue weighted by molar-refractivity contribution is 7.10. The van der Waals surface area contributed by atoms with Gasteiger partial charge in [0.2, 0.25) is 0 Å². The number of hydrogen-bond donors (Lipinski definition) is 1. The molecule has 1 atom stereocenters. The lowest BCUT2D eigenvalue weighted by molar-refractivity contribution is -0.385. The number of likely N-dealkylation sites (tertiary alicyclic amines) is 1. The standard InChI is InChI=1S/C15H18N4O2S/c20-19(21)12-5-6-15(16-10-12)17-11-13(14-4-3-9-22-14)18-7-1-2-8-18/h3-6,9-10,13H,1-2,7-8,11H2,(H,16,17). The van der Waals surface area contributed by atoms with Crippen molar-refractivity contribution in [2.45, 2.75) is 18.9 Å². The lowest BCUT2D eigenvalue weighted by Crippen LogP contribution is -2.30. The molecule has 7 heteroatoms. The van der Waals surface area contributed by atoms with Crippen LogP contribution in [0, 0.1) is 10.1 Å². The highest BCUT2D eigenvalue weighted by atomic mass is 32.1. The van der Waals surface area contributed by atoms with E-state index in [4.69, 9.17) is 0 Å². The molecule has 1 unspecified atom stereocenters. The summed E-state index contributed by atoms with van der Waals surface area (Å²) >= 11 is 1.77. The Morgan fingerprint density at radius 3 is 2.77 bits per heavy atom. The smallest absolute Gasteiger partial charge is 0.287 e. The number of aromatic nitrogens is 1. The van der Waals surface area contributed by atoms with Gasteiger partial charge >= 0.3 is 0 Å². The number of thiophene rings is 1. The number of nitrogens with one attached hydrogen (secondary N) is 1.